The number of nitrogens with one attached hydrogen (secondary N) is 2. The first-order chi connectivity index (χ1) is 19.6. The number of hydrogen-bond donors (Lipinski definition) is 4. The monoisotopic (exact) mass is 565 g/mol. The molecule has 230 valence electrons. The molecule has 13 atom stereocenters. The maximum absolute atomic E-state index is 9.56. The van der Waals surface area contributed by atoms with Crippen molar-refractivity contribution in [3.8, 4) is 5.75 Å². The first-order valence-corrected chi connectivity index (χ1v) is 17.3. The van der Waals surface area contributed by atoms with E-state index in [4.69, 9.17) is 10.5 Å². The Hall–Kier alpha value is -1.14. The third kappa shape index (κ3) is 5.51. The van der Waals surface area contributed by atoms with Crippen LogP contribution in [0.5, 0.6) is 5.75 Å². The summed E-state index contributed by atoms with van der Waals surface area (Å²) in [6.07, 6.45) is 13.8. The van der Waals surface area contributed by atoms with E-state index in [1.165, 1.54) is 63.4 Å². The van der Waals surface area contributed by atoms with Gasteiger partial charge >= 0.3 is 0 Å². The van der Waals surface area contributed by atoms with Crippen molar-refractivity contribution in [1.29, 1.82) is 0 Å². The Morgan fingerprint density at radius 2 is 1.73 bits per heavy atom. The van der Waals surface area contributed by atoms with E-state index in [0.717, 1.165) is 49.1 Å². The molecule has 1 aromatic rings. The summed E-state index contributed by atoms with van der Waals surface area (Å²) in [7, 11) is 0. The first kappa shape index (κ1) is 29.9. The van der Waals surface area contributed by atoms with Crippen molar-refractivity contribution >= 4 is 0 Å². The van der Waals surface area contributed by atoms with Gasteiger partial charge in [-0.1, -0.05) is 53.2 Å². The Morgan fingerprint density at radius 3 is 2.49 bits per heavy atom. The highest BCUT2D eigenvalue weighted by atomic mass is 16.5. The zero-order valence-corrected chi connectivity index (χ0v) is 26.6. The van der Waals surface area contributed by atoms with Crippen LogP contribution < -0.4 is 16.4 Å². The van der Waals surface area contributed by atoms with Gasteiger partial charge in [0, 0.05) is 31.1 Å². The molecule has 5 heteroatoms. The molecule has 4 aliphatic carbocycles. The molecule has 5 nitrogen and oxygen atoms in total. The molecule has 0 radical (unpaired) electrons. The van der Waals surface area contributed by atoms with Gasteiger partial charge in [0.15, 0.2) is 0 Å². The fraction of sp³-hybridized carbons (Fsp3) is 0.833. The lowest BCUT2D eigenvalue weighted by Crippen LogP contribution is -2.56. The van der Waals surface area contributed by atoms with Gasteiger partial charge in [-0.2, -0.15) is 0 Å². The lowest BCUT2D eigenvalue weighted by molar-refractivity contribution is -0.119. The summed E-state index contributed by atoms with van der Waals surface area (Å²) in [6.45, 7) is 14.4. The molecule has 5 N–H and O–H groups in total. The number of phenolic OH excluding ortho intramolecular Hbond substituents is 1. The molecular weight excluding hydrogens is 506 g/mol. The van der Waals surface area contributed by atoms with Gasteiger partial charge in [0.05, 0.1) is 6.10 Å². The average molecular weight is 566 g/mol. The largest absolute Gasteiger partial charge is 0.508 e. The van der Waals surface area contributed by atoms with Crippen LogP contribution in [-0.2, 0) is 11.2 Å². The van der Waals surface area contributed by atoms with Crippen LogP contribution in [0, 0.1) is 52.3 Å². The lowest BCUT2D eigenvalue weighted by atomic mass is 9.44. The van der Waals surface area contributed by atoms with Crippen LogP contribution in [0.2, 0.25) is 0 Å². The van der Waals surface area contributed by atoms with Crippen molar-refractivity contribution in [2.45, 2.75) is 123 Å². The van der Waals surface area contributed by atoms with E-state index in [2.05, 4.69) is 45.3 Å². The molecule has 1 aromatic carbocycles. The third-order valence-corrected chi connectivity index (χ3v) is 13.6. The minimum atomic E-state index is 0.107. The maximum atomic E-state index is 9.56. The molecule has 1 aliphatic heterocycles. The SMILES string of the molecule is CC[C@H](C)CN[C@H]1O[C@H]2CC3[C@@H]4CCC5C[C@@H](NC[C@@H](N)Cc6ccc(O)cc6)CC[C@]5(C)C4CC[C@]3(C)C2C1C. The van der Waals surface area contributed by atoms with Gasteiger partial charge in [0.25, 0.3) is 0 Å². The fourth-order valence-corrected chi connectivity index (χ4v) is 11.1. The molecule has 5 aliphatic rings. The minimum absolute atomic E-state index is 0.107. The maximum Gasteiger partial charge on any atom is 0.115 e. The molecule has 4 saturated carbocycles. The second-order valence-electron chi connectivity index (χ2n) is 15.8. The van der Waals surface area contributed by atoms with E-state index in [0.29, 0.717) is 40.6 Å². The van der Waals surface area contributed by atoms with E-state index >= 15 is 0 Å². The Balaban J connectivity index is 1.04. The van der Waals surface area contributed by atoms with Gasteiger partial charge in [-0.15, -0.1) is 0 Å². The van der Waals surface area contributed by atoms with Gasteiger partial charge in [0.2, 0.25) is 0 Å². The molecule has 5 unspecified atom stereocenters. The van der Waals surface area contributed by atoms with Gasteiger partial charge in [0.1, 0.15) is 12.0 Å². The van der Waals surface area contributed by atoms with E-state index in [1.54, 1.807) is 12.1 Å². The van der Waals surface area contributed by atoms with Crippen LogP contribution in [0.15, 0.2) is 24.3 Å². The number of ether oxygens (including phenoxy) is 1. The van der Waals surface area contributed by atoms with Crippen molar-refractivity contribution in [2.75, 3.05) is 13.1 Å². The van der Waals surface area contributed by atoms with Gasteiger partial charge < -0.3 is 20.9 Å². The Bertz CT molecular complexity index is 1030. The quantitative estimate of drug-likeness (QED) is 0.275. The molecular formula is C36H59N3O2. The van der Waals surface area contributed by atoms with Gasteiger partial charge in [-0.3, -0.25) is 5.32 Å². The van der Waals surface area contributed by atoms with Gasteiger partial charge in [-0.25, -0.2) is 0 Å². The zero-order valence-electron chi connectivity index (χ0n) is 26.6. The second-order valence-corrected chi connectivity index (χ2v) is 15.8. The van der Waals surface area contributed by atoms with E-state index in [9.17, 15) is 5.11 Å². The highest BCUT2D eigenvalue weighted by Gasteiger charge is 2.65. The summed E-state index contributed by atoms with van der Waals surface area (Å²) >= 11 is 0. The number of benzene rings is 1. The highest BCUT2D eigenvalue weighted by Crippen LogP contribution is 2.69. The molecule has 6 rings (SSSR count). The first-order valence-electron chi connectivity index (χ1n) is 17.3. The average Bonchev–Trinajstić information content (AvgIpc) is 3.44. The molecule has 0 bridgehead atoms. The molecule has 1 heterocycles. The molecule has 1 saturated heterocycles. The summed E-state index contributed by atoms with van der Waals surface area (Å²) in [5.41, 5.74) is 8.67. The lowest BCUT2D eigenvalue weighted by Gasteiger charge is -2.61. The number of rotatable bonds is 9. The predicted octanol–water partition coefficient (Wildman–Crippen LogP) is 6.49. The summed E-state index contributed by atoms with van der Waals surface area (Å²) in [5, 5.41) is 17.2. The van der Waals surface area contributed by atoms with Crippen molar-refractivity contribution in [3.05, 3.63) is 29.8 Å². The number of nitrogens with two attached hydrogens (primary N) is 1. The summed E-state index contributed by atoms with van der Waals surface area (Å²) in [4.78, 5) is 0. The van der Waals surface area contributed by atoms with Crippen LogP contribution in [0.4, 0.5) is 0 Å². The fourth-order valence-electron chi connectivity index (χ4n) is 11.1. The van der Waals surface area contributed by atoms with Crippen LogP contribution in [0.25, 0.3) is 0 Å². The molecule has 0 spiro atoms. The van der Waals surface area contributed by atoms with Crippen LogP contribution >= 0.6 is 0 Å². The topological polar surface area (TPSA) is 79.5 Å². The summed E-state index contributed by atoms with van der Waals surface area (Å²) in [5.74, 6) is 5.85. The molecule has 5 fully saturated rings. The second kappa shape index (κ2) is 11.7. The van der Waals surface area contributed by atoms with E-state index in [1.807, 2.05) is 12.1 Å². The predicted molar refractivity (Wildman–Crippen MR) is 167 cm³/mol. The summed E-state index contributed by atoms with van der Waals surface area (Å²) < 4.78 is 6.82. The van der Waals surface area contributed by atoms with Crippen LogP contribution in [0.1, 0.15) is 98.0 Å². The molecule has 41 heavy (non-hydrogen) atoms. The Morgan fingerprint density at radius 1 is 0.976 bits per heavy atom. The standard InChI is InChI=1S/C36H59N3O2/c1-6-22(2)20-39-34-23(3)33-32(41-34)19-31-29-12-9-25-18-27(13-15-35(25,4)30(29)14-16-36(31,33)5)38-21-26(37)17-24-7-10-28(40)11-8-24/h7-8,10-11,22-23,25-27,29-34,38-40H,6,9,12-21,37H2,1-5H3/t22-,23?,25?,26-,27-,29+,30?,31?,32-,33?,34-,35-,36-/m0/s1. The summed E-state index contributed by atoms with van der Waals surface area (Å²) in [6, 6.07) is 8.21. The highest BCUT2D eigenvalue weighted by molar-refractivity contribution is 5.26. The molecule has 0 aromatic heterocycles. The number of hydrogen-bond acceptors (Lipinski definition) is 5. The Kier molecular flexibility index (Phi) is 8.57. The van der Waals surface area contributed by atoms with E-state index < -0.39 is 0 Å². The normalized spacial score (nSPS) is 44.9. The zero-order chi connectivity index (χ0) is 28.9. The van der Waals surface area contributed by atoms with E-state index in [-0.39, 0.29) is 12.3 Å². The minimum Gasteiger partial charge on any atom is -0.508 e. The van der Waals surface area contributed by atoms with Crippen molar-refractivity contribution < 1.29 is 9.84 Å². The van der Waals surface area contributed by atoms with Crippen molar-refractivity contribution in [1.82, 2.24) is 10.6 Å². The van der Waals surface area contributed by atoms with Crippen molar-refractivity contribution in [3.63, 3.8) is 0 Å². The van der Waals surface area contributed by atoms with Crippen molar-refractivity contribution in [2.24, 2.45) is 58.0 Å². The number of aromatic hydroxyl groups is 1. The van der Waals surface area contributed by atoms with Crippen LogP contribution in [-0.4, -0.2) is 42.6 Å². The Labute approximate surface area is 250 Å². The molecule has 0 amide bonds. The number of fused-ring (bicyclic) bond motifs is 7. The van der Waals surface area contributed by atoms with Crippen LogP contribution in [0.3, 0.4) is 0 Å². The number of phenols is 1. The third-order valence-electron chi connectivity index (χ3n) is 13.6. The smallest absolute Gasteiger partial charge is 0.115 e. The van der Waals surface area contributed by atoms with Gasteiger partial charge in [-0.05, 0) is 122 Å².